The summed E-state index contributed by atoms with van der Waals surface area (Å²) in [5, 5.41) is 8.22. The van der Waals surface area contributed by atoms with Crippen molar-refractivity contribution in [1.29, 1.82) is 0 Å². The zero-order chi connectivity index (χ0) is 14.7. The van der Waals surface area contributed by atoms with Gasteiger partial charge >= 0.3 is 6.03 Å². The Morgan fingerprint density at radius 2 is 2.29 bits per heavy atom. The molecule has 3 aromatic rings. The highest BCUT2D eigenvalue weighted by molar-refractivity contribution is 7.98. The van der Waals surface area contributed by atoms with E-state index in [4.69, 9.17) is 0 Å². The standard InChI is InChI=1S/C14H13N3OS3/c1-19-9-4-5-11-12(7-9)21-14(16-11)17-13(18)15-8-10-3-2-6-20-10/h2-7H,8H2,1H3,(H2,15,16,17,18). The molecule has 0 bridgehead atoms. The highest BCUT2D eigenvalue weighted by atomic mass is 32.2. The van der Waals surface area contributed by atoms with Crippen LogP contribution in [-0.4, -0.2) is 17.3 Å². The molecule has 2 heterocycles. The summed E-state index contributed by atoms with van der Waals surface area (Å²) in [6.45, 7) is 0.533. The van der Waals surface area contributed by atoms with Crippen molar-refractivity contribution in [3.63, 3.8) is 0 Å². The lowest BCUT2D eigenvalue weighted by Crippen LogP contribution is -2.27. The number of nitrogens with one attached hydrogen (secondary N) is 2. The minimum absolute atomic E-state index is 0.229. The SMILES string of the molecule is CSc1ccc2nc(NC(=O)NCc3cccs3)sc2c1. The monoisotopic (exact) mass is 335 g/mol. The topological polar surface area (TPSA) is 54.0 Å². The number of aromatic nitrogens is 1. The first-order valence-electron chi connectivity index (χ1n) is 6.26. The second kappa shape index (κ2) is 6.46. The van der Waals surface area contributed by atoms with Crippen molar-refractivity contribution in [2.45, 2.75) is 11.4 Å². The van der Waals surface area contributed by atoms with Gasteiger partial charge in [-0.2, -0.15) is 0 Å². The third-order valence-electron chi connectivity index (χ3n) is 2.82. The predicted octanol–water partition coefficient (Wildman–Crippen LogP) is 4.40. The summed E-state index contributed by atoms with van der Waals surface area (Å²) >= 11 is 4.80. The Kier molecular flexibility index (Phi) is 4.42. The van der Waals surface area contributed by atoms with Crippen molar-refractivity contribution in [2.75, 3.05) is 11.6 Å². The Hall–Kier alpha value is -1.57. The zero-order valence-corrected chi connectivity index (χ0v) is 13.7. The summed E-state index contributed by atoms with van der Waals surface area (Å²) in [5.41, 5.74) is 0.909. The van der Waals surface area contributed by atoms with Gasteiger partial charge in [0.05, 0.1) is 16.8 Å². The van der Waals surface area contributed by atoms with E-state index >= 15 is 0 Å². The largest absolute Gasteiger partial charge is 0.333 e. The van der Waals surface area contributed by atoms with Crippen LogP contribution in [0.4, 0.5) is 9.93 Å². The number of fused-ring (bicyclic) bond motifs is 1. The quantitative estimate of drug-likeness (QED) is 0.695. The Morgan fingerprint density at radius 1 is 1.38 bits per heavy atom. The number of thioether (sulfide) groups is 1. The summed E-state index contributed by atoms with van der Waals surface area (Å²) in [6, 6.07) is 9.84. The number of anilines is 1. The average Bonchev–Trinajstić information content (AvgIpc) is 3.13. The number of nitrogens with zero attached hydrogens (tertiary/aromatic N) is 1. The van der Waals surface area contributed by atoms with Crippen LogP contribution in [0.2, 0.25) is 0 Å². The maximum absolute atomic E-state index is 11.9. The van der Waals surface area contributed by atoms with Gasteiger partial charge in [0.15, 0.2) is 5.13 Å². The molecule has 4 nitrogen and oxygen atoms in total. The number of hydrogen-bond donors (Lipinski definition) is 2. The highest BCUT2D eigenvalue weighted by Crippen LogP contribution is 2.29. The van der Waals surface area contributed by atoms with Crippen molar-refractivity contribution < 1.29 is 4.79 Å². The summed E-state index contributed by atoms with van der Waals surface area (Å²) in [6.07, 6.45) is 2.04. The summed E-state index contributed by atoms with van der Waals surface area (Å²) in [4.78, 5) is 18.6. The van der Waals surface area contributed by atoms with Gasteiger partial charge in [-0.05, 0) is 35.9 Å². The maximum atomic E-state index is 11.9. The van der Waals surface area contributed by atoms with Crippen LogP contribution in [0.1, 0.15) is 4.88 Å². The molecule has 0 aliphatic rings. The fourth-order valence-corrected chi connectivity index (χ4v) is 3.87. The van der Waals surface area contributed by atoms with E-state index < -0.39 is 0 Å². The molecule has 0 unspecified atom stereocenters. The Balaban J connectivity index is 1.65. The highest BCUT2D eigenvalue weighted by Gasteiger charge is 2.08. The molecule has 0 atom stereocenters. The summed E-state index contributed by atoms with van der Waals surface area (Å²) < 4.78 is 1.08. The number of carbonyl (C=O) groups excluding carboxylic acids is 1. The Labute approximate surface area is 134 Å². The molecule has 2 amide bonds. The van der Waals surface area contributed by atoms with Crippen LogP contribution in [0.5, 0.6) is 0 Å². The molecule has 21 heavy (non-hydrogen) atoms. The van der Waals surface area contributed by atoms with Crippen molar-refractivity contribution in [3.8, 4) is 0 Å². The predicted molar refractivity (Wildman–Crippen MR) is 91.6 cm³/mol. The van der Waals surface area contributed by atoms with Crippen molar-refractivity contribution in [2.24, 2.45) is 0 Å². The maximum Gasteiger partial charge on any atom is 0.321 e. The van der Waals surface area contributed by atoms with Crippen molar-refractivity contribution in [1.82, 2.24) is 10.3 Å². The van der Waals surface area contributed by atoms with Crippen LogP contribution in [0, 0.1) is 0 Å². The molecule has 2 aromatic heterocycles. The van der Waals surface area contributed by atoms with E-state index in [9.17, 15) is 4.79 Å². The Morgan fingerprint density at radius 3 is 3.05 bits per heavy atom. The van der Waals surface area contributed by atoms with Gasteiger partial charge in [-0.1, -0.05) is 17.4 Å². The molecule has 0 saturated carbocycles. The molecule has 0 aliphatic heterocycles. The zero-order valence-electron chi connectivity index (χ0n) is 11.3. The lowest BCUT2D eigenvalue weighted by atomic mass is 10.3. The van der Waals surface area contributed by atoms with Gasteiger partial charge in [0, 0.05) is 9.77 Å². The summed E-state index contributed by atoms with van der Waals surface area (Å²) in [7, 11) is 0. The fourth-order valence-electron chi connectivity index (χ4n) is 1.81. The molecule has 0 fully saturated rings. The number of benzene rings is 1. The van der Waals surface area contributed by atoms with E-state index in [1.165, 1.54) is 16.2 Å². The molecule has 0 spiro atoms. The number of urea groups is 1. The number of thiophene rings is 1. The van der Waals surface area contributed by atoms with Gasteiger partial charge in [0.2, 0.25) is 0 Å². The molecule has 2 N–H and O–H groups in total. The third-order valence-corrected chi connectivity index (χ3v) is 5.35. The number of hydrogen-bond acceptors (Lipinski definition) is 5. The van der Waals surface area contributed by atoms with E-state index in [2.05, 4.69) is 21.7 Å². The average molecular weight is 335 g/mol. The molecule has 1 aromatic carbocycles. The lowest BCUT2D eigenvalue weighted by molar-refractivity contribution is 0.252. The van der Waals surface area contributed by atoms with Crippen LogP contribution in [0.3, 0.4) is 0 Å². The first-order chi connectivity index (χ1) is 10.2. The fraction of sp³-hybridized carbons (Fsp3) is 0.143. The molecule has 108 valence electrons. The van der Waals surface area contributed by atoms with E-state index in [-0.39, 0.29) is 6.03 Å². The normalized spacial score (nSPS) is 10.7. The van der Waals surface area contributed by atoms with Crippen LogP contribution in [0.25, 0.3) is 10.2 Å². The molecular weight excluding hydrogens is 322 g/mol. The van der Waals surface area contributed by atoms with Gasteiger partial charge in [-0.15, -0.1) is 23.1 Å². The van der Waals surface area contributed by atoms with E-state index in [1.807, 2.05) is 35.9 Å². The molecule has 0 radical (unpaired) electrons. The minimum Gasteiger partial charge on any atom is -0.333 e. The van der Waals surface area contributed by atoms with Gasteiger partial charge in [0.1, 0.15) is 0 Å². The van der Waals surface area contributed by atoms with Gasteiger partial charge < -0.3 is 5.32 Å². The molecular formula is C14H13N3OS3. The van der Waals surface area contributed by atoms with Gasteiger partial charge in [-0.25, -0.2) is 9.78 Å². The van der Waals surface area contributed by atoms with Gasteiger partial charge in [-0.3, -0.25) is 5.32 Å². The smallest absolute Gasteiger partial charge is 0.321 e. The second-order valence-electron chi connectivity index (χ2n) is 4.24. The number of carbonyl (C=O) groups is 1. The third kappa shape index (κ3) is 3.55. The first kappa shape index (κ1) is 14.4. The van der Waals surface area contributed by atoms with Crippen LogP contribution in [-0.2, 0) is 6.54 Å². The molecule has 3 rings (SSSR count). The van der Waals surface area contributed by atoms with Crippen molar-refractivity contribution >= 4 is 55.8 Å². The van der Waals surface area contributed by atoms with Crippen LogP contribution < -0.4 is 10.6 Å². The number of rotatable bonds is 4. The van der Waals surface area contributed by atoms with Gasteiger partial charge in [0.25, 0.3) is 0 Å². The molecule has 7 heteroatoms. The van der Waals surface area contributed by atoms with E-state index in [1.54, 1.807) is 23.1 Å². The van der Waals surface area contributed by atoms with E-state index in [0.717, 1.165) is 15.1 Å². The first-order valence-corrected chi connectivity index (χ1v) is 9.18. The molecule has 0 saturated heterocycles. The lowest BCUT2D eigenvalue weighted by Gasteiger charge is -2.03. The Bertz CT molecular complexity index is 752. The van der Waals surface area contributed by atoms with Crippen molar-refractivity contribution in [3.05, 3.63) is 40.6 Å². The summed E-state index contributed by atoms with van der Waals surface area (Å²) in [5.74, 6) is 0. The second-order valence-corrected chi connectivity index (χ2v) is 7.18. The number of amides is 2. The van der Waals surface area contributed by atoms with E-state index in [0.29, 0.717) is 11.7 Å². The minimum atomic E-state index is -0.229. The van der Waals surface area contributed by atoms with Crippen LogP contribution in [0.15, 0.2) is 40.6 Å². The number of thiazole rings is 1. The van der Waals surface area contributed by atoms with Crippen LogP contribution >= 0.6 is 34.4 Å². The molecule has 0 aliphatic carbocycles.